The normalized spacial score (nSPS) is 14.2. The highest BCUT2D eigenvalue weighted by molar-refractivity contribution is 7.90. The van der Waals surface area contributed by atoms with Crippen LogP contribution in [0.25, 0.3) is 11.0 Å². The number of anilines is 1. The zero-order valence-corrected chi connectivity index (χ0v) is 18.1. The van der Waals surface area contributed by atoms with Crippen molar-refractivity contribution in [3.8, 4) is 5.75 Å². The lowest BCUT2D eigenvalue weighted by Gasteiger charge is -2.28. The number of nitrogens with zero attached hydrogens (tertiary/aromatic N) is 3. The monoisotopic (exact) mass is 430 g/mol. The number of rotatable bonds is 4. The number of nitrogens with one attached hydrogen (secondary N) is 1. The van der Waals surface area contributed by atoms with Gasteiger partial charge in [-0.1, -0.05) is 6.07 Å². The molecule has 1 saturated heterocycles. The van der Waals surface area contributed by atoms with Gasteiger partial charge in [0.15, 0.2) is 0 Å². The van der Waals surface area contributed by atoms with Crippen LogP contribution in [-0.4, -0.2) is 56.9 Å². The Hall–Kier alpha value is -2.91. The first-order valence-electron chi connectivity index (χ1n) is 9.65. The molecule has 0 spiro atoms. The van der Waals surface area contributed by atoms with Crippen LogP contribution in [0.5, 0.6) is 5.75 Å². The molecule has 1 aliphatic rings. The molecule has 0 unspecified atom stereocenters. The Morgan fingerprint density at radius 2 is 1.90 bits per heavy atom. The summed E-state index contributed by atoms with van der Waals surface area (Å²) in [7, 11) is -2.36. The summed E-state index contributed by atoms with van der Waals surface area (Å²) in [5.74, 6) is 0.329. The lowest BCUT2D eigenvalue weighted by atomic mass is 10.2. The van der Waals surface area contributed by atoms with Crippen LogP contribution in [0.1, 0.15) is 12.5 Å². The summed E-state index contributed by atoms with van der Waals surface area (Å²) in [6.07, 6.45) is 4.12. The summed E-state index contributed by atoms with van der Waals surface area (Å²) in [6, 6.07) is 8.70. The molecular weight excluding hydrogens is 404 g/mol. The van der Waals surface area contributed by atoms with E-state index >= 15 is 0 Å². The molecule has 0 bridgehead atoms. The SMILES string of the molecule is CC=O.COc1ccc(C)cc1S(=O)(=O)n1cc(N2CCNCC2)c2ncccc21. The molecule has 1 aliphatic heterocycles. The number of ether oxygens (including phenoxy) is 1. The molecule has 0 aliphatic carbocycles. The number of aromatic nitrogens is 2. The molecule has 0 atom stereocenters. The average Bonchev–Trinajstić information content (AvgIpc) is 3.15. The van der Waals surface area contributed by atoms with Gasteiger partial charge in [0, 0.05) is 38.6 Å². The standard InChI is InChI=1S/C19H22N4O3S.C2H4O/c1-14-5-6-17(26-2)18(12-14)27(24,25)23-13-16(22-10-8-20-9-11-22)19-15(23)4-3-7-21-19;1-2-3/h3-7,12-13,20H,8-11H2,1-2H3;2H,1H3. The molecule has 160 valence electrons. The number of piperazine rings is 1. The Kier molecular flexibility index (Phi) is 6.73. The van der Waals surface area contributed by atoms with Crippen molar-refractivity contribution in [2.24, 2.45) is 0 Å². The number of aldehydes is 1. The van der Waals surface area contributed by atoms with Crippen LogP contribution >= 0.6 is 0 Å². The fourth-order valence-corrected chi connectivity index (χ4v) is 5.04. The smallest absolute Gasteiger partial charge is 0.271 e. The molecule has 1 N–H and O–H groups in total. The van der Waals surface area contributed by atoms with E-state index in [-0.39, 0.29) is 4.90 Å². The predicted octanol–water partition coefficient (Wildman–Crippen LogP) is 2.21. The maximum absolute atomic E-state index is 13.5. The topological polar surface area (TPSA) is 93.5 Å². The summed E-state index contributed by atoms with van der Waals surface area (Å²) in [6.45, 7) is 6.64. The zero-order chi connectivity index (χ0) is 21.7. The van der Waals surface area contributed by atoms with Crippen molar-refractivity contribution in [3.05, 3.63) is 48.3 Å². The van der Waals surface area contributed by atoms with Crippen molar-refractivity contribution in [2.75, 3.05) is 38.2 Å². The largest absolute Gasteiger partial charge is 0.495 e. The highest BCUT2D eigenvalue weighted by Crippen LogP contribution is 2.33. The molecule has 1 fully saturated rings. The Bertz CT molecular complexity index is 1140. The molecule has 2 aromatic heterocycles. The fourth-order valence-electron chi connectivity index (χ4n) is 3.44. The van der Waals surface area contributed by atoms with Gasteiger partial charge in [-0.15, -0.1) is 0 Å². The lowest BCUT2D eigenvalue weighted by molar-refractivity contribution is -0.106. The zero-order valence-electron chi connectivity index (χ0n) is 17.3. The Labute approximate surface area is 176 Å². The highest BCUT2D eigenvalue weighted by atomic mass is 32.2. The summed E-state index contributed by atoms with van der Waals surface area (Å²) in [5, 5.41) is 3.31. The van der Waals surface area contributed by atoms with Crippen molar-refractivity contribution in [1.29, 1.82) is 0 Å². The van der Waals surface area contributed by atoms with E-state index in [1.807, 2.05) is 13.0 Å². The fraction of sp³-hybridized carbons (Fsp3) is 0.333. The Morgan fingerprint density at radius 3 is 2.57 bits per heavy atom. The van der Waals surface area contributed by atoms with Crippen molar-refractivity contribution in [1.82, 2.24) is 14.3 Å². The molecule has 0 amide bonds. The molecule has 3 heterocycles. The molecule has 8 nitrogen and oxygen atoms in total. The summed E-state index contributed by atoms with van der Waals surface area (Å²) in [5.41, 5.74) is 2.94. The molecular formula is C21H26N4O4S. The first kappa shape index (κ1) is 21.8. The first-order valence-corrected chi connectivity index (χ1v) is 11.1. The van der Waals surface area contributed by atoms with E-state index in [4.69, 9.17) is 9.53 Å². The number of methoxy groups -OCH3 is 1. The van der Waals surface area contributed by atoms with Crippen LogP contribution in [-0.2, 0) is 14.8 Å². The van der Waals surface area contributed by atoms with Crippen LogP contribution in [0.2, 0.25) is 0 Å². The van der Waals surface area contributed by atoms with Crippen molar-refractivity contribution >= 4 is 33.0 Å². The van der Waals surface area contributed by atoms with Crippen LogP contribution in [0, 0.1) is 6.92 Å². The van der Waals surface area contributed by atoms with Crippen molar-refractivity contribution in [2.45, 2.75) is 18.7 Å². The second-order valence-electron chi connectivity index (χ2n) is 6.81. The van der Waals surface area contributed by atoms with E-state index in [9.17, 15) is 8.42 Å². The van der Waals surface area contributed by atoms with E-state index in [1.165, 1.54) is 18.0 Å². The first-order chi connectivity index (χ1) is 14.4. The minimum absolute atomic E-state index is 0.151. The van der Waals surface area contributed by atoms with Crippen LogP contribution < -0.4 is 15.0 Å². The summed E-state index contributed by atoms with van der Waals surface area (Å²) >= 11 is 0. The van der Waals surface area contributed by atoms with Crippen LogP contribution in [0.4, 0.5) is 5.69 Å². The van der Waals surface area contributed by atoms with Gasteiger partial charge >= 0.3 is 0 Å². The molecule has 9 heteroatoms. The predicted molar refractivity (Wildman–Crippen MR) is 117 cm³/mol. The molecule has 0 radical (unpaired) electrons. The number of hydrogen-bond donors (Lipinski definition) is 1. The molecule has 3 aromatic rings. The lowest BCUT2D eigenvalue weighted by Crippen LogP contribution is -2.43. The number of benzene rings is 1. The molecule has 0 saturated carbocycles. The maximum Gasteiger partial charge on any atom is 0.271 e. The number of aryl methyl sites for hydroxylation is 1. The van der Waals surface area contributed by atoms with Gasteiger partial charge in [-0.05, 0) is 43.7 Å². The third-order valence-corrected chi connectivity index (χ3v) is 6.51. The van der Waals surface area contributed by atoms with E-state index in [0.29, 0.717) is 16.8 Å². The molecule has 1 aromatic carbocycles. The van der Waals surface area contributed by atoms with Gasteiger partial charge in [0.1, 0.15) is 22.4 Å². The average molecular weight is 431 g/mol. The minimum Gasteiger partial charge on any atom is -0.495 e. The number of pyridine rings is 1. The van der Waals surface area contributed by atoms with Gasteiger partial charge in [0.2, 0.25) is 0 Å². The number of carbonyl (C=O) groups excluding carboxylic acids is 1. The van der Waals surface area contributed by atoms with Crippen LogP contribution in [0.3, 0.4) is 0 Å². The van der Waals surface area contributed by atoms with E-state index in [2.05, 4.69) is 15.2 Å². The third kappa shape index (κ3) is 4.17. The van der Waals surface area contributed by atoms with Gasteiger partial charge < -0.3 is 19.7 Å². The Balaban J connectivity index is 0.000000806. The summed E-state index contributed by atoms with van der Waals surface area (Å²) in [4.78, 5) is 15.6. The second kappa shape index (κ2) is 9.27. The van der Waals surface area contributed by atoms with E-state index in [1.54, 1.807) is 36.7 Å². The quantitative estimate of drug-likeness (QED) is 0.634. The van der Waals surface area contributed by atoms with Crippen LogP contribution in [0.15, 0.2) is 47.6 Å². The van der Waals surface area contributed by atoms with Gasteiger partial charge in [-0.3, -0.25) is 4.98 Å². The van der Waals surface area contributed by atoms with Gasteiger partial charge in [-0.2, -0.15) is 0 Å². The van der Waals surface area contributed by atoms with Crippen molar-refractivity contribution in [3.63, 3.8) is 0 Å². The van der Waals surface area contributed by atoms with Gasteiger partial charge in [-0.25, -0.2) is 12.4 Å². The second-order valence-corrected chi connectivity index (χ2v) is 8.60. The molecule has 30 heavy (non-hydrogen) atoms. The third-order valence-electron chi connectivity index (χ3n) is 4.82. The van der Waals surface area contributed by atoms with E-state index in [0.717, 1.165) is 43.7 Å². The summed E-state index contributed by atoms with van der Waals surface area (Å²) < 4.78 is 33.6. The van der Waals surface area contributed by atoms with E-state index < -0.39 is 10.0 Å². The Morgan fingerprint density at radius 1 is 1.20 bits per heavy atom. The highest BCUT2D eigenvalue weighted by Gasteiger charge is 2.27. The molecule has 4 rings (SSSR count). The van der Waals surface area contributed by atoms with Gasteiger partial charge in [0.25, 0.3) is 10.0 Å². The minimum atomic E-state index is -3.84. The number of hydrogen-bond acceptors (Lipinski definition) is 7. The number of carbonyl (C=O) groups is 1. The number of fused-ring (bicyclic) bond motifs is 1. The van der Waals surface area contributed by atoms with Gasteiger partial charge in [0.05, 0.1) is 18.3 Å². The van der Waals surface area contributed by atoms with Crippen molar-refractivity contribution < 1.29 is 17.9 Å². The maximum atomic E-state index is 13.5.